The third-order valence-electron chi connectivity index (χ3n) is 6.85. The Morgan fingerprint density at radius 2 is 1.73 bits per heavy atom. The van der Waals surface area contributed by atoms with Crippen molar-refractivity contribution in [3.8, 4) is 10.4 Å². The standard InChI is InChI=1S/C23H21F8N3O5S2/c1-10-3-2-6-34(10)20(36)15-16(40-19(33-15)18(35)32-12-8-41(38,39)9-12)13-5-4-11(7-14(13)17(24)25)21(37,22(26,27)28)23(29,30)31/h4-5,7,10,12,17,37H,2-3,6,8-9H2,1H3,(H,32,35)/t10-/m0/s1. The average molecular weight is 636 g/mol. The van der Waals surface area contributed by atoms with Gasteiger partial charge < -0.3 is 15.3 Å². The highest BCUT2D eigenvalue weighted by Crippen LogP contribution is 2.51. The van der Waals surface area contributed by atoms with Crippen molar-refractivity contribution < 1.29 is 58.2 Å². The van der Waals surface area contributed by atoms with E-state index in [-0.39, 0.29) is 36.2 Å². The van der Waals surface area contributed by atoms with E-state index in [1.807, 2.05) is 0 Å². The van der Waals surface area contributed by atoms with E-state index < -0.39 is 84.3 Å². The molecule has 2 N–H and O–H groups in total. The molecule has 1 aromatic carbocycles. The molecule has 226 valence electrons. The van der Waals surface area contributed by atoms with Gasteiger partial charge in [-0.05, 0) is 25.8 Å². The Kier molecular flexibility index (Phi) is 7.92. The van der Waals surface area contributed by atoms with Gasteiger partial charge >= 0.3 is 12.4 Å². The molecule has 0 saturated carbocycles. The molecule has 2 amide bonds. The van der Waals surface area contributed by atoms with Crippen molar-refractivity contribution in [3.05, 3.63) is 40.0 Å². The van der Waals surface area contributed by atoms with Crippen molar-refractivity contribution in [3.63, 3.8) is 0 Å². The molecule has 4 rings (SSSR count). The molecular weight excluding hydrogens is 614 g/mol. The smallest absolute Gasteiger partial charge is 0.369 e. The zero-order valence-electron chi connectivity index (χ0n) is 20.8. The minimum Gasteiger partial charge on any atom is -0.369 e. The number of alkyl halides is 8. The van der Waals surface area contributed by atoms with Gasteiger partial charge in [-0.1, -0.05) is 12.1 Å². The fourth-order valence-corrected chi connectivity index (χ4v) is 6.98. The molecular formula is C23H21F8N3O5S2. The van der Waals surface area contributed by atoms with Crippen molar-refractivity contribution in [2.24, 2.45) is 0 Å². The first-order chi connectivity index (χ1) is 18.8. The van der Waals surface area contributed by atoms with Crippen LogP contribution in [0.3, 0.4) is 0 Å². The van der Waals surface area contributed by atoms with Gasteiger partial charge in [-0.2, -0.15) is 26.3 Å². The molecule has 1 atom stereocenters. The van der Waals surface area contributed by atoms with Crippen molar-refractivity contribution in [2.45, 2.75) is 56.2 Å². The van der Waals surface area contributed by atoms with Crippen LogP contribution in [-0.4, -0.2) is 77.7 Å². The molecule has 0 unspecified atom stereocenters. The molecule has 0 bridgehead atoms. The number of amides is 2. The Bertz CT molecular complexity index is 1450. The maximum Gasteiger partial charge on any atom is 0.430 e. The monoisotopic (exact) mass is 635 g/mol. The Balaban J connectivity index is 1.84. The summed E-state index contributed by atoms with van der Waals surface area (Å²) in [6.07, 6.45) is -15.2. The number of hydrogen-bond acceptors (Lipinski definition) is 7. The van der Waals surface area contributed by atoms with Crippen LogP contribution in [-0.2, 0) is 15.4 Å². The number of nitrogens with one attached hydrogen (secondary N) is 1. The summed E-state index contributed by atoms with van der Waals surface area (Å²) in [5.74, 6) is -2.50. The summed E-state index contributed by atoms with van der Waals surface area (Å²) in [6, 6.07) is -0.618. The van der Waals surface area contributed by atoms with Crippen LogP contribution in [0, 0.1) is 0 Å². The molecule has 18 heteroatoms. The molecule has 2 fully saturated rings. The van der Waals surface area contributed by atoms with E-state index in [2.05, 4.69) is 10.3 Å². The largest absolute Gasteiger partial charge is 0.430 e. The molecule has 2 saturated heterocycles. The number of thiazole rings is 1. The topological polar surface area (TPSA) is 117 Å². The molecule has 1 aromatic heterocycles. The van der Waals surface area contributed by atoms with Crippen LogP contribution >= 0.6 is 11.3 Å². The maximum atomic E-state index is 14.1. The van der Waals surface area contributed by atoms with Gasteiger partial charge in [0.2, 0.25) is 0 Å². The minimum absolute atomic E-state index is 0.146. The van der Waals surface area contributed by atoms with Gasteiger partial charge in [0, 0.05) is 29.3 Å². The van der Waals surface area contributed by atoms with E-state index in [1.165, 1.54) is 4.90 Å². The number of nitrogens with zero attached hydrogens (tertiary/aromatic N) is 2. The predicted octanol–water partition coefficient (Wildman–Crippen LogP) is 4.21. The van der Waals surface area contributed by atoms with Gasteiger partial charge in [0.1, 0.15) is 5.69 Å². The van der Waals surface area contributed by atoms with Crippen LogP contribution in [0.4, 0.5) is 35.1 Å². The van der Waals surface area contributed by atoms with E-state index in [1.54, 1.807) is 6.92 Å². The molecule has 2 aliphatic rings. The average Bonchev–Trinajstić information content (AvgIpc) is 3.46. The van der Waals surface area contributed by atoms with Gasteiger partial charge in [0.25, 0.3) is 23.8 Å². The summed E-state index contributed by atoms with van der Waals surface area (Å²) < 4.78 is 132. The third-order valence-corrected chi connectivity index (χ3v) is 9.76. The lowest BCUT2D eigenvalue weighted by molar-refractivity contribution is -0.376. The lowest BCUT2D eigenvalue weighted by atomic mass is 9.89. The fraction of sp³-hybridized carbons (Fsp3) is 0.522. The molecule has 0 aliphatic carbocycles. The van der Waals surface area contributed by atoms with Gasteiger partial charge in [-0.25, -0.2) is 22.2 Å². The Labute approximate surface area is 231 Å². The zero-order valence-corrected chi connectivity index (χ0v) is 22.4. The van der Waals surface area contributed by atoms with Crippen LogP contribution in [0.25, 0.3) is 10.4 Å². The molecule has 2 aliphatic heterocycles. The summed E-state index contributed by atoms with van der Waals surface area (Å²) in [5, 5.41) is 11.6. The number of aromatic nitrogens is 1. The van der Waals surface area contributed by atoms with E-state index in [9.17, 15) is 58.2 Å². The number of benzene rings is 1. The first kappa shape index (κ1) is 31.1. The van der Waals surface area contributed by atoms with Crippen LogP contribution in [0.5, 0.6) is 0 Å². The maximum absolute atomic E-state index is 14.1. The SMILES string of the molecule is C[C@H]1CCCN1C(=O)c1nc(C(=O)NC2CS(=O)(=O)C2)sc1-c1ccc(C(O)(C(F)(F)F)C(F)(F)F)cc1C(F)F. The van der Waals surface area contributed by atoms with Gasteiger partial charge in [-0.15, -0.1) is 11.3 Å². The third kappa shape index (κ3) is 5.64. The van der Waals surface area contributed by atoms with Crippen LogP contribution in [0.1, 0.15) is 57.6 Å². The van der Waals surface area contributed by atoms with E-state index in [4.69, 9.17) is 0 Å². The molecule has 8 nitrogen and oxygen atoms in total. The molecule has 3 heterocycles. The van der Waals surface area contributed by atoms with Gasteiger partial charge in [0.05, 0.1) is 22.4 Å². The number of carbonyl (C=O) groups excluding carboxylic acids is 2. The number of aliphatic hydroxyl groups is 1. The molecule has 2 aromatic rings. The highest BCUT2D eigenvalue weighted by atomic mass is 32.2. The van der Waals surface area contributed by atoms with Crippen molar-refractivity contribution in [2.75, 3.05) is 18.1 Å². The first-order valence-corrected chi connectivity index (χ1v) is 14.5. The number of sulfone groups is 1. The summed E-state index contributed by atoms with van der Waals surface area (Å²) >= 11 is 0.381. The molecule has 0 radical (unpaired) electrons. The number of halogens is 8. The summed E-state index contributed by atoms with van der Waals surface area (Å²) in [7, 11) is -3.34. The molecule has 41 heavy (non-hydrogen) atoms. The second kappa shape index (κ2) is 10.4. The van der Waals surface area contributed by atoms with Crippen molar-refractivity contribution >= 4 is 33.0 Å². The van der Waals surface area contributed by atoms with Gasteiger partial charge in [-0.3, -0.25) is 9.59 Å². The van der Waals surface area contributed by atoms with Crippen molar-refractivity contribution in [1.29, 1.82) is 0 Å². The lowest BCUT2D eigenvalue weighted by Crippen LogP contribution is -2.54. The minimum atomic E-state index is -6.33. The highest BCUT2D eigenvalue weighted by Gasteiger charge is 2.71. The first-order valence-electron chi connectivity index (χ1n) is 11.9. The van der Waals surface area contributed by atoms with Gasteiger partial charge in [0.15, 0.2) is 14.8 Å². The normalized spacial score (nSPS) is 19.9. The predicted molar refractivity (Wildman–Crippen MR) is 128 cm³/mol. The lowest BCUT2D eigenvalue weighted by Gasteiger charge is -2.33. The Morgan fingerprint density at radius 1 is 1.12 bits per heavy atom. The Hall–Kier alpha value is -2.86. The van der Waals surface area contributed by atoms with E-state index >= 15 is 0 Å². The van der Waals surface area contributed by atoms with Crippen LogP contribution in [0.15, 0.2) is 18.2 Å². The quantitative estimate of drug-likeness (QED) is 0.460. The fourth-order valence-electron chi connectivity index (χ4n) is 4.67. The summed E-state index contributed by atoms with van der Waals surface area (Å²) in [4.78, 5) is 31.0. The second-order valence-electron chi connectivity index (χ2n) is 9.74. The van der Waals surface area contributed by atoms with Crippen molar-refractivity contribution in [1.82, 2.24) is 15.2 Å². The van der Waals surface area contributed by atoms with E-state index in [0.717, 1.165) is 0 Å². The number of rotatable bonds is 6. The van der Waals surface area contributed by atoms with Crippen LogP contribution in [0.2, 0.25) is 0 Å². The number of likely N-dealkylation sites (tertiary alicyclic amines) is 1. The highest BCUT2D eigenvalue weighted by molar-refractivity contribution is 7.92. The number of carbonyl (C=O) groups is 2. The zero-order chi connectivity index (χ0) is 30.7. The number of hydrogen-bond donors (Lipinski definition) is 2. The summed E-state index contributed by atoms with van der Waals surface area (Å²) in [5.41, 5.74) is -9.99. The molecule has 0 spiro atoms. The Morgan fingerprint density at radius 3 is 2.22 bits per heavy atom. The summed E-state index contributed by atoms with van der Waals surface area (Å²) in [6.45, 7) is 1.93. The van der Waals surface area contributed by atoms with E-state index in [0.29, 0.717) is 30.2 Å². The van der Waals surface area contributed by atoms with Crippen LogP contribution < -0.4 is 5.32 Å². The second-order valence-corrected chi connectivity index (χ2v) is 12.9.